The van der Waals surface area contributed by atoms with Gasteiger partial charge in [0.15, 0.2) is 0 Å². The van der Waals surface area contributed by atoms with E-state index in [1.165, 1.54) is 5.01 Å². The molecule has 0 heterocycles. The van der Waals surface area contributed by atoms with Crippen molar-refractivity contribution >= 4 is 11.8 Å². The molecule has 0 aromatic heterocycles. The van der Waals surface area contributed by atoms with Crippen molar-refractivity contribution in [2.45, 2.75) is 71.9 Å². The van der Waals surface area contributed by atoms with Crippen LogP contribution >= 0.6 is 0 Å². The SMILES string of the molecule is CCOC1CCCCC1C(=O)NN(C(=O)c1cccc(C)c1)C(C)(C)C. The average molecular weight is 360 g/mol. The van der Waals surface area contributed by atoms with Crippen molar-refractivity contribution in [2.24, 2.45) is 5.92 Å². The number of aryl methyl sites for hydroxylation is 1. The molecule has 0 bridgehead atoms. The summed E-state index contributed by atoms with van der Waals surface area (Å²) in [5.74, 6) is -0.531. The molecule has 1 aromatic rings. The monoisotopic (exact) mass is 360 g/mol. The summed E-state index contributed by atoms with van der Waals surface area (Å²) >= 11 is 0. The van der Waals surface area contributed by atoms with E-state index in [0.29, 0.717) is 12.2 Å². The van der Waals surface area contributed by atoms with Gasteiger partial charge >= 0.3 is 0 Å². The molecule has 2 amide bonds. The van der Waals surface area contributed by atoms with E-state index in [2.05, 4.69) is 5.43 Å². The van der Waals surface area contributed by atoms with Crippen molar-refractivity contribution in [2.75, 3.05) is 6.61 Å². The number of carbonyl (C=O) groups excluding carboxylic acids is 2. The maximum absolute atomic E-state index is 13.0. The van der Waals surface area contributed by atoms with Crippen LogP contribution in [-0.2, 0) is 9.53 Å². The molecule has 1 aromatic carbocycles. The fourth-order valence-corrected chi connectivity index (χ4v) is 3.43. The fraction of sp³-hybridized carbons (Fsp3) is 0.619. The first-order chi connectivity index (χ1) is 12.2. The van der Waals surface area contributed by atoms with E-state index in [0.717, 1.165) is 31.2 Å². The standard InChI is InChI=1S/C21H32N2O3/c1-6-26-18-13-8-7-12-17(18)19(24)22-23(21(3,4)5)20(25)16-11-9-10-15(2)14-16/h9-11,14,17-18H,6-8,12-13H2,1-5H3,(H,22,24). The van der Waals surface area contributed by atoms with E-state index in [1.807, 2.05) is 52.8 Å². The minimum absolute atomic E-state index is 0.0651. The van der Waals surface area contributed by atoms with Crippen LogP contribution in [0, 0.1) is 12.8 Å². The molecule has 2 unspecified atom stereocenters. The van der Waals surface area contributed by atoms with Crippen LogP contribution in [-0.4, -0.2) is 35.1 Å². The van der Waals surface area contributed by atoms with Gasteiger partial charge in [-0.3, -0.25) is 15.0 Å². The summed E-state index contributed by atoms with van der Waals surface area (Å²) in [6, 6.07) is 7.43. The van der Waals surface area contributed by atoms with Crippen molar-refractivity contribution < 1.29 is 14.3 Å². The largest absolute Gasteiger partial charge is 0.378 e. The minimum Gasteiger partial charge on any atom is -0.378 e. The molecule has 2 rings (SSSR count). The topological polar surface area (TPSA) is 58.6 Å². The first kappa shape index (κ1) is 20.4. The molecular weight excluding hydrogens is 328 g/mol. The summed E-state index contributed by atoms with van der Waals surface area (Å²) in [7, 11) is 0. The van der Waals surface area contributed by atoms with Gasteiger partial charge in [0.05, 0.1) is 17.6 Å². The van der Waals surface area contributed by atoms with Gasteiger partial charge in [-0.1, -0.05) is 30.5 Å². The van der Waals surface area contributed by atoms with Gasteiger partial charge in [-0.2, -0.15) is 0 Å². The molecule has 1 aliphatic rings. The number of nitrogens with zero attached hydrogens (tertiary/aromatic N) is 1. The van der Waals surface area contributed by atoms with Crippen molar-refractivity contribution in [1.29, 1.82) is 0 Å². The van der Waals surface area contributed by atoms with Gasteiger partial charge < -0.3 is 4.74 Å². The smallest absolute Gasteiger partial charge is 0.272 e. The van der Waals surface area contributed by atoms with Crippen LogP contribution in [0.4, 0.5) is 0 Å². The number of hydrogen-bond donors (Lipinski definition) is 1. The number of carbonyl (C=O) groups is 2. The predicted octanol–water partition coefficient (Wildman–Crippen LogP) is 3.86. The maximum atomic E-state index is 13.0. The number of ether oxygens (including phenoxy) is 1. The van der Waals surface area contributed by atoms with Crippen molar-refractivity contribution in [1.82, 2.24) is 10.4 Å². The van der Waals surface area contributed by atoms with Gasteiger partial charge in [-0.05, 0) is 59.6 Å². The zero-order chi connectivity index (χ0) is 19.3. The van der Waals surface area contributed by atoms with E-state index >= 15 is 0 Å². The third-order valence-electron chi connectivity index (χ3n) is 4.78. The average Bonchev–Trinajstić information content (AvgIpc) is 2.58. The summed E-state index contributed by atoms with van der Waals surface area (Å²) in [6.07, 6.45) is 3.73. The Balaban J connectivity index is 2.19. The van der Waals surface area contributed by atoms with Crippen molar-refractivity contribution in [3.63, 3.8) is 0 Å². The molecule has 1 fully saturated rings. The van der Waals surface area contributed by atoms with Crippen molar-refractivity contribution in [3.8, 4) is 0 Å². The second-order valence-corrected chi connectivity index (χ2v) is 8.04. The van der Waals surface area contributed by atoms with Crippen LogP contribution in [0.25, 0.3) is 0 Å². The van der Waals surface area contributed by atoms with Crippen LogP contribution in [0.2, 0.25) is 0 Å². The Morgan fingerprint density at radius 3 is 2.54 bits per heavy atom. The maximum Gasteiger partial charge on any atom is 0.272 e. The lowest BCUT2D eigenvalue weighted by Crippen LogP contribution is -2.58. The Hall–Kier alpha value is -1.88. The number of amides is 2. The lowest BCUT2D eigenvalue weighted by Gasteiger charge is -2.38. The van der Waals surface area contributed by atoms with Gasteiger partial charge in [0.1, 0.15) is 0 Å². The summed E-state index contributed by atoms with van der Waals surface area (Å²) < 4.78 is 5.78. The second kappa shape index (κ2) is 8.67. The summed E-state index contributed by atoms with van der Waals surface area (Å²) in [6.45, 7) is 10.3. The highest BCUT2D eigenvalue weighted by molar-refractivity contribution is 5.96. The number of nitrogens with one attached hydrogen (secondary N) is 1. The molecule has 0 aliphatic heterocycles. The third kappa shape index (κ3) is 5.07. The highest BCUT2D eigenvalue weighted by Crippen LogP contribution is 2.28. The van der Waals surface area contributed by atoms with E-state index in [-0.39, 0.29) is 23.8 Å². The molecule has 0 radical (unpaired) electrons. The summed E-state index contributed by atoms with van der Waals surface area (Å²) in [4.78, 5) is 26.0. The first-order valence-corrected chi connectivity index (χ1v) is 9.57. The van der Waals surface area contributed by atoms with Gasteiger partial charge in [0, 0.05) is 12.2 Å². The zero-order valence-corrected chi connectivity index (χ0v) is 16.7. The Morgan fingerprint density at radius 1 is 1.23 bits per heavy atom. The Bertz CT molecular complexity index is 634. The fourth-order valence-electron chi connectivity index (χ4n) is 3.43. The molecule has 1 aliphatic carbocycles. The van der Waals surface area contributed by atoms with Crippen LogP contribution < -0.4 is 5.43 Å². The highest BCUT2D eigenvalue weighted by atomic mass is 16.5. The highest BCUT2D eigenvalue weighted by Gasteiger charge is 2.36. The Kier molecular flexibility index (Phi) is 6.81. The normalized spacial score (nSPS) is 20.5. The Morgan fingerprint density at radius 2 is 1.92 bits per heavy atom. The van der Waals surface area contributed by atoms with Crippen LogP contribution in [0.15, 0.2) is 24.3 Å². The van der Waals surface area contributed by atoms with Crippen LogP contribution in [0.3, 0.4) is 0 Å². The van der Waals surface area contributed by atoms with Gasteiger partial charge in [-0.15, -0.1) is 0 Å². The third-order valence-corrected chi connectivity index (χ3v) is 4.78. The first-order valence-electron chi connectivity index (χ1n) is 9.57. The van der Waals surface area contributed by atoms with Crippen molar-refractivity contribution in [3.05, 3.63) is 35.4 Å². The molecule has 0 saturated heterocycles. The van der Waals surface area contributed by atoms with E-state index < -0.39 is 5.54 Å². The molecule has 144 valence electrons. The quantitative estimate of drug-likeness (QED) is 0.830. The second-order valence-electron chi connectivity index (χ2n) is 8.04. The minimum atomic E-state index is -0.535. The molecule has 0 spiro atoms. The Labute approximate surface area is 157 Å². The summed E-state index contributed by atoms with van der Waals surface area (Å²) in [5.41, 5.74) is 3.95. The van der Waals surface area contributed by atoms with E-state index in [4.69, 9.17) is 4.74 Å². The van der Waals surface area contributed by atoms with Gasteiger partial charge in [-0.25, -0.2) is 5.01 Å². The predicted molar refractivity (Wildman–Crippen MR) is 103 cm³/mol. The molecule has 5 heteroatoms. The number of benzene rings is 1. The molecule has 1 N–H and O–H groups in total. The number of hydrazine groups is 1. The van der Waals surface area contributed by atoms with E-state index in [9.17, 15) is 9.59 Å². The molecule has 5 nitrogen and oxygen atoms in total. The number of hydrogen-bond acceptors (Lipinski definition) is 3. The molecular formula is C21H32N2O3. The molecule has 1 saturated carbocycles. The molecule has 2 atom stereocenters. The lowest BCUT2D eigenvalue weighted by molar-refractivity contribution is -0.138. The van der Waals surface area contributed by atoms with Crippen LogP contribution in [0.5, 0.6) is 0 Å². The number of rotatable bonds is 4. The van der Waals surface area contributed by atoms with Gasteiger partial charge in [0.2, 0.25) is 5.91 Å². The van der Waals surface area contributed by atoms with E-state index in [1.54, 1.807) is 6.07 Å². The zero-order valence-electron chi connectivity index (χ0n) is 16.7. The molecule has 26 heavy (non-hydrogen) atoms. The summed E-state index contributed by atoms with van der Waals surface area (Å²) in [5, 5.41) is 1.46. The van der Waals surface area contributed by atoms with Crippen LogP contribution in [0.1, 0.15) is 69.3 Å². The van der Waals surface area contributed by atoms with Gasteiger partial charge in [0.25, 0.3) is 5.91 Å². The lowest BCUT2D eigenvalue weighted by atomic mass is 9.86.